The van der Waals surface area contributed by atoms with Crippen molar-refractivity contribution in [1.29, 1.82) is 0 Å². The first kappa shape index (κ1) is 18.5. The van der Waals surface area contributed by atoms with Crippen molar-refractivity contribution in [1.82, 2.24) is 0 Å². The molecule has 0 saturated carbocycles. The molecule has 0 aliphatic rings. The number of amides is 1. The second-order valence-electron chi connectivity index (χ2n) is 6.88. The first-order chi connectivity index (χ1) is 11.7. The maximum atomic E-state index is 11.9. The summed E-state index contributed by atoms with van der Waals surface area (Å²) in [5, 5.41) is 11.5. The lowest BCUT2D eigenvalue weighted by Gasteiger charge is -2.19. The molecule has 1 amide bonds. The zero-order valence-electron chi connectivity index (χ0n) is 14.7. The van der Waals surface area contributed by atoms with Gasteiger partial charge in [-0.3, -0.25) is 9.59 Å². The fourth-order valence-corrected chi connectivity index (χ4v) is 2.28. The van der Waals surface area contributed by atoms with E-state index in [4.69, 9.17) is 9.84 Å². The molecule has 25 heavy (non-hydrogen) atoms. The molecule has 0 unspecified atom stereocenters. The third kappa shape index (κ3) is 5.95. The molecule has 0 aliphatic heterocycles. The average molecular weight is 341 g/mol. The van der Waals surface area contributed by atoms with E-state index in [-0.39, 0.29) is 24.3 Å². The van der Waals surface area contributed by atoms with E-state index in [9.17, 15) is 9.59 Å². The van der Waals surface area contributed by atoms with Crippen LogP contribution in [0.25, 0.3) is 0 Å². The minimum Gasteiger partial charge on any atom is -0.484 e. The van der Waals surface area contributed by atoms with Crippen LogP contribution >= 0.6 is 0 Å². The van der Waals surface area contributed by atoms with Crippen LogP contribution in [0.15, 0.2) is 48.5 Å². The van der Waals surface area contributed by atoms with Crippen molar-refractivity contribution in [2.75, 3.05) is 11.9 Å². The summed E-state index contributed by atoms with van der Waals surface area (Å²) in [5.74, 6) is -0.520. The summed E-state index contributed by atoms with van der Waals surface area (Å²) in [6.07, 6.45) is -0.0398. The van der Waals surface area contributed by atoms with Crippen molar-refractivity contribution >= 4 is 17.6 Å². The molecule has 0 aromatic heterocycles. The Morgan fingerprint density at radius 2 is 1.60 bits per heavy atom. The number of ether oxygens (including phenoxy) is 1. The topological polar surface area (TPSA) is 75.6 Å². The van der Waals surface area contributed by atoms with Gasteiger partial charge in [-0.1, -0.05) is 45.0 Å². The molecule has 132 valence electrons. The third-order valence-corrected chi connectivity index (χ3v) is 3.68. The second-order valence-corrected chi connectivity index (χ2v) is 6.88. The largest absolute Gasteiger partial charge is 0.484 e. The van der Waals surface area contributed by atoms with Crippen LogP contribution in [0, 0.1) is 0 Å². The summed E-state index contributed by atoms with van der Waals surface area (Å²) >= 11 is 0. The van der Waals surface area contributed by atoms with Gasteiger partial charge < -0.3 is 15.2 Å². The number of carboxylic acid groups (broad SMARTS) is 1. The van der Waals surface area contributed by atoms with Gasteiger partial charge in [0, 0.05) is 5.69 Å². The molecule has 2 aromatic rings. The van der Waals surface area contributed by atoms with Crippen LogP contribution in [-0.4, -0.2) is 23.6 Å². The number of anilines is 1. The molecule has 0 heterocycles. The Hall–Kier alpha value is -2.82. The van der Waals surface area contributed by atoms with Crippen molar-refractivity contribution in [2.24, 2.45) is 0 Å². The molecule has 2 rings (SSSR count). The zero-order valence-corrected chi connectivity index (χ0v) is 14.7. The van der Waals surface area contributed by atoms with E-state index in [0.29, 0.717) is 17.0 Å². The Bertz CT molecular complexity index is 728. The van der Waals surface area contributed by atoms with Gasteiger partial charge in [0.2, 0.25) is 0 Å². The highest BCUT2D eigenvalue weighted by Gasteiger charge is 2.13. The van der Waals surface area contributed by atoms with Gasteiger partial charge in [0.25, 0.3) is 5.91 Å². The number of benzene rings is 2. The summed E-state index contributed by atoms with van der Waals surface area (Å²) in [5.41, 5.74) is 2.56. The van der Waals surface area contributed by atoms with Crippen molar-refractivity contribution in [3.63, 3.8) is 0 Å². The van der Waals surface area contributed by atoms with Crippen molar-refractivity contribution in [3.05, 3.63) is 59.7 Å². The van der Waals surface area contributed by atoms with Crippen LogP contribution in [0.5, 0.6) is 5.75 Å². The van der Waals surface area contributed by atoms with Gasteiger partial charge in [-0.05, 0) is 40.8 Å². The number of carbonyl (C=O) groups excluding carboxylic acids is 1. The van der Waals surface area contributed by atoms with Crippen LogP contribution in [-0.2, 0) is 21.4 Å². The first-order valence-corrected chi connectivity index (χ1v) is 8.08. The molecule has 0 saturated heterocycles. The van der Waals surface area contributed by atoms with Gasteiger partial charge in [0.05, 0.1) is 6.42 Å². The molecule has 0 fully saturated rings. The van der Waals surface area contributed by atoms with Gasteiger partial charge >= 0.3 is 5.97 Å². The predicted octanol–water partition coefficient (Wildman–Crippen LogP) is 3.63. The molecule has 0 spiro atoms. The van der Waals surface area contributed by atoms with Crippen molar-refractivity contribution in [3.8, 4) is 5.75 Å². The van der Waals surface area contributed by atoms with Gasteiger partial charge in [-0.2, -0.15) is 0 Å². The van der Waals surface area contributed by atoms with E-state index in [1.165, 1.54) is 5.56 Å². The summed E-state index contributed by atoms with van der Waals surface area (Å²) in [6, 6.07) is 14.4. The Labute approximate surface area is 147 Å². The van der Waals surface area contributed by atoms with Gasteiger partial charge in [0.15, 0.2) is 6.61 Å². The number of rotatable bonds is 6. The number of nitrogens with one attached hydrogen (secondary N) is 1. The minimum atomic E-state index is -0.886. The Morgan fingerprint density at radius 1 is 1.00 bits per heavy atom. The van der Waals surface area contributed by atoms with E-state index >= 15 is 0 Å². The number of carbonyl (C=O) groups is 2. The summed E-state index contributed by atoms with van der Waals surface area (Å²) in [7, 11) is 0. The van der Waals surface area contributed by atoms with E-state index < -0.39 is 5.97 Å². The van der Waals surface area contributed by atoms with Crippen molar-refractivity contribution < 1.29 is 19.4 Å². The van der Waals surface area contributed by atoms with E-state index in [0.717, 1.165) is 0 Å². The number of hydrogen-bond acceptors (Lipinski definition) is 3. The molecule has 0 bridgehead atoms. The van der Waals surface area contributed by atoms with Crippen LogP contribution in [0.3, 0.4) is 0 Å². The molecule has 5 nitrogen and oxygen atoms in total. The Morgan fingerprint density at radius 3 is 2.12 bits per heavy atom. The number of carboxylic acids is 1. The highest BCUT2D eigenvalue weighted by atomic mass is 16.5. The molecular formula is C20H23NO4. The van der Waals surface area contributed by atoms with Crippen molar-refractivity contribution in [2.45, 2.75) is 32.6 Å². The van der Waals surface area contributed by atoms with Crippen LogP contribution in [0.4, 0.5) is 5.69 Å². The Balaban J connectivity index is 1.85. The SMILES string of the molecule is CC(C)(C)c1ccc(OCC(=O)Nc2ccc(CC(=O)O)cc2)cc1. The third-order valence-electron chi connectivity index (χ3n) is 3.68. The quantitative estimate of drug-likeness (QED) is 0.841. The summed E-state index contributed by atoms with van der Waals surface area (Å²) < 4.78 is 5.49. The predicted molar refractivity (Wildman–Crippen MR) is 97.0 cm³/mol. The highest BCUT2D eigenvalue weighted by Crippen LogP contribution is 2.24. The highest BCUT2D eigenvalue weighted by molar-refractivity contribution is 5.91. The lowest BCUT2D eigenvalue weighted by molar-refractivity contribution is -0.136. The molecule has 2 N–H and O–H groups in total. The molecule has 5 heteroatoms. The van der Waals surface area contributed by atoms with Gasteiger partial charge in [0.1, 0.15) is 5.75 Å². The van der Waals surface area contributed by atoms with Crippen LogP contribution < -0.4 is 10.1 Å². The maximum Gasteiger partial charge on any atom is 0.307 e. The molecule has 0 radical (unpaired) electrons. The Kier molecular flexibility index (Phi) is 5.80. The van der Waals surface area contributed by atoms with E-state index in [1.807, 2.05) is 24.3 Å². The first-order valence-electron chi connectivity index (χ1n) is 8.08. The van der Waals surface area contributed by atoms with Gasteiger partial charge in [-0.25, -0.2) is 0 Å². The monoisotopic (exact) mass is 341 g/mol. The second kappa shape index (κ2) is 7.83. The van der Waals surface area contributed by atoms with Crippen LogP contribution in [0.1, 0.15) is 31.9 Å². The molecule has 2 aromatic carbocycles. The lowest BCUT2D eigenvalue weighted by Crippen LogP contribution is -2.20. The van der Waals surface area contributed by atoms with Gasteiger partial charge in [-0.15, -0.1) is 0 Å². The molecule has 0 aliphatic carbocycles. The smallest absolute Gasteiger partial charge is 0.307 e. The zero-order chi connectivity index (χ0) is 18.4. The van der Waals surface area contributed by atoms with Crippen LogP contribution in [0.2, 0.25) is 0 Å². The average Bonchev–Trinajstić information content (AvgIpc) is 2.54. The number of aliphatic carboxylic acids is 1. The van der Waals surface area contributed by atoms with E-state index in [2.05, 4.69) is 26.1 Å². The molecular weight excluding hydrogens is 318 g/mol. The van der Waals surface area contributed by atoms with E-state index in [1.54, 1.807) is 24.3 Å². The maximum absolute atomic E-state index is 11.9. The summed E-state index contributed by atoms with van der Waals surface area (Å²) in [4.78, 5) is 22.6. The molecule has 0 atom stereocenters. The summed E-state index contributed by atoms with van der Waals surface area (Å²) in [6.45, 7) is 6.32. The standard InChI is InChI=1S/C20H23NO4/c1-20(2,3)15-6-10-17(11-7-15)25-13-18(22)21-16-8-4-14(5-9-16)12-19(23)24/h4-11H,12-13H2,1-3H3,(H,21,22)(H,23,24). The lowest BCUT2D eigenvalue weighted by atomic mass is 9.87. The fourth-order valence-electron chi connectivity index (χ4n) is 2.28. The fraction of sp³-hybridized carbons (Fsp3) is 0.300. The number of hydrogen-bond donors (Lipinski definition) is 2. The minimum absolute atomic E-state index is 0.0398. The normalized spacial score (nSPS) is 11.0.